The second-order valence-electron chi connectivity index (χ2n) is 9.09. The van der Waals surface area contributed by atoms with E-state index in [4.69, 9.17) is 4.74 Å². The number of rotatable bonds is 6. The molecule has 0 radical (unpaired) electrons. The number of benzene rings is 2. The molecular formula is C25H35N3O2. The third-order valence-corrected chi connectivity index (χ3v) is 6.44. The van der Waals surface area contributed by atoms with Crippen LogP contribution in [-0.4, -0.2) is 67.2 Å². The quantitative estimate of drug-likeness (QED) is 0.784. The van der Waals surface area contributed by atoms with Crippen LogP contribution in [0.3, 0.4) is 0 Å². The van der Waals surface area contributed by atoms with Crippen molar-refractivity contribution in [1.29, 1.82) is 0 Å². The normalized spacial score (nSPS) is 24.2. The van der Waals surface area contributed by atoms with Crippen LogP contribution < -0.4 is 5.32 Å². The first kappa shape index (κ1) is 21.3. The lowest BCUT2D eigenvalue weighted by molar-refractivity contribution is -0.116. The Labute approximate surface area is 180 Å². The number of amides is 1. The van der Waals surface area contributed by atoms with Crippen molar-refractivity contribution in [3.05, 3.63) is 42.5 Å². The zero-order valence-electron chi connectivity index (χ0n) is 18.3. The summed E-state index contributed by atoms with van der Waals surface area (Å²) in [6.45, 7) is 10.7. The number of carbonyl (C=O) groups is 1. The first-order valence-corrected chi connectivity index (χ1v) is 11.4. The molecule has 2 heterocycles. The Bertz CT molecular complexity index is 832. The zero-order valence-corrected chi connectivity index (χ0v) is 18.3. The number of hydrogen-bond donors (Lipinski definition) is 1. The average molecular weight is 410 g/mol. The molecule has 5 heteroatoms. The van der Waals surface area contributed by atoms with E-state index in [0.717, 1.165) is 55.1 Å². The predicted octanol–water partition coefficient (Wildman–Crippen LogP) is 3.99. The molecule has 2 aliphatic heterocycles. The van der Waals surface area contributed by atoms with Crippen molar-refractivity contribution in [2.45, 2.75) is 45.3 Å². The molecule has 1 amide bonds. The monoisotopic (exact) mass is 409 g/mol. The molecule has 2 atom stereocenters. The molecule has 2 fully saturated rings. The maximum absolute atomic E-state index is 12.5. The fourth-order valence-corrected chi connectivity index (χ4v) is 5.00. The van der Waals surface area contributed by atoms with Crippen molar-refractivity contribution in [3.63, 3.8) is 0 Å². The number of ether oxygens (including phenoxy) is 1. The van der Waals surface area contributed by atoms with Crippen molar-refractivity contribution in [1.82, 2.24) is 9.80 Å². The van der Waals surface area contributed by atoms with E-state index >= 15 is 0 Å². The third-order valence-electron chi connectivity index (χ3n) is 6.44. The van der Waals surface area contributed by atoms with E-state index in [9.17, 15) is 4.79 Å². The van der Waals surface area contributed by atoms with Gasteiger partial charge in [-0.15, -0.1) is 0 Å². The lowest BCUT2D eigenvalue weighted by Crippen LogP contribution is -2.48. The predicted molar refractivity (Wildman–Crippen MR) is 123 cm³/mol. The van der Waals surface area contributed by atoms with Crippen LogP contribution in [-0.2, 0) is 9.53 Å². The van der Waals surface area contributed by atoms with Crippen LogP contribution in [0.5, 0.6) is 0 Å². The summed E-state index contributed by atoms with van der Waals surface area (Å²) >= 11 is 0. The largest absolute Gasteiger partial charge is 0.373 e. The van der Waals surface area contributed by atoms with E-state index in [-0.39, 0.29) is 5.91 Å². The average Bonchev–Trinajstić information content (AvgIpc) is 2.73. The van der Waals surface area contributed by atoms with Crippen LogP contribution in [0.1, 0.15) is 33.1 Å². The molecule has 30 heavy (non-hydrogen) atoms. The highest BCUT2D eigenvalue weighted by Gasteiger charge is 2.26. The molecule has 4 rings (SSSR count). The summed E-state index contributed by atoms with van der Waals surface area (Å²) in [7, 11) is 0. The Balaban J connectivity index is 1.20. The smallest absolute Gasteiger partial charge is 0.225 e. The standard InChI is InChI=1S/C25H35N3O2/c1-19-16-28(17-20(2)30-19)18-21-10-13-27(14-11-21)15-12-25(29)26-24-9-5-7-22-6-3-4-8-23(22)24/h3-9,19-21H,10-18H2,1-2H3,(H,26,29). The first-order valence-electron chi connectivity index (χ1n) is 11.4. The van der Waals surface area contributed by atoms with Gasteiger partial charge in [0.15, 0.2) is 0 Å². The van der Waals surface area contributed by atoms with Crippen molar-refractivity contribution in [3.8, 4) is 0 Å². The highest BCUT2D eigenvalue weighted by atomic mass is 16.5. The number of piperidine rings is 1. The molecule has 2 aromatic carbocycles. The molecule has 2 saturated heterocycles. The Hall–Kier alpha value is -1.95. The van der Waals surface area contributed by atoms with E-state index in [1.165, 1.54) is 19.4 Å². The molecule has 0 bridgehead atoms. The van der Waals surface area contributed by atoms with Crippen LogP contribution in [0.15, 0.2) is 42.5 Å². The summed E-state index contributed by atoms with van der Waals surface area (Å²) in [6.07, 6.45) is 3.69. The van der Waals surface area contributed by atoms with Gasteiger partial charge in [-0.3, -0.25) is 9.69 Å². The van der Waals surface area contributed by atoms with Gasteiger partial charge in [-0.25, -0.2) is 0 Å². The number of carbonyl (C=O) groups excluding carboxylic acids is 1. The molecule has 0 aromatic heterocycles. The molecule has 2 aliphatic rings. The summed E-state index contributed by atoms with van der Waals surface area (Å²) in [6, 6.07) is 14.2. The summed E-state index contributed by atoms with van der Waals surface area (Å²) in [5.41, 5.74) is 0.908. The van der Waals surface area contributed by atoms with E-state index in [0.29, 0.717) is 18.6 Å². The molecule has 0 spiro atoms. The van der Waals surface area contributed by atoms with Crippen LogP contribution >= 0.6 is 0 Å². The fourth-order valence-electron chi connectivity index (χ4n) is 5.00. The second-order valence-corrected chi connectivity index (χ2v) is 9.09. The Kier molecular flexibility index (Phi) is 7.03. The van der Waals surface area contributed by atoms with Gasteiger partial charge in [0.25, 0.3) is 0 Å². The number of nitrogens with zero attached hydrogens (tertiary/aromatic N) is 2. The van der Waals surface area contributed by atoms with Gasteiger partial charge in [-0.1, -0.05) is 36.4 Å². The second kappa shape index (κ2) is 9.90. The van der Waals surface area contributed by atoms with Gasteiger partial charge in [0.1, 0.15) is 0 Å². The van der Waals surface area contributed by atoms with E-state index < -0.39 is 0 Å². The van der Waals surface area contributed by atoms with Gasteiger partial charge in [0, 0.05) is 43.7 Å². The van der Waals surface area contributed by atoms with E-state index in [2.05, 4.69) is 47.2 Å². The van der Waals surface area contributed by atoms with E-state index in [1.54, 1.807) is 0 Å². The van der Waals surface area contributed by atoms with Gasteiger partial charge in [0.2, 0.25) is 5.91 Å². The minimum Gasteiger partial charge on any atom is -0.373 e. The number of hydrogen-bond acceptors (Lipinski definition) is 4. The Morgan fingerprint density at radius 2 is 1.70 bits per heavy atom. The highest BCUT2D eigenvalue weighted by Crippen LogP contribution is 2.24. The van der Waals surface area contributed by atoms with Crippen LogP contribution in [0, 0.1) is 5.92 Å². The minimum atomic E-state index is 0.102. The van der Waals surface area contributed by atoms with Gasteiger partial charge in [-0.05, 0) is 57.1 Å². The maximum atomic E-state index is 12.5. The summed E-state index contributed by atoms with van der Waals surface area (Å²) in [5, 5.41) is 5.36. The molecule has 5 nitrogen and oxygen atoms in total. The fraction of sp³-hybridized carbons (Fsp3) is 0.560. The first-order chi connectivity index (χ1) is 14.6. The van der Waals surface area contributed by atoms with Crippen LogP contribution in [0.2, 0.25) is 0 Å². The molecule has 2 unspecified atom stereocenters. The maximum Gasteiger partial charge on any atom is 0.225 e. The summed E-state index contributed by atoms with van der Waals surface area (Å²) < 4.78 is 5.86. The van der Waals surface area contributed by atoms with Crippen molar-refractivity contribution in [2.24, 2.45) is 5.92 Å². The number of anilines is 1. The lowest BCUT2D eigenvalue weighted by Gasteiger charge is -2.39. The SMILES string of the molecule is CC1CN(CC2CCN(CCC(=O)Nc3cccc4ccccc34)CC2)CC(C)O1. The number of likely N-dealkylation sites (tertiary alicyclic amines) is 1. The molecular weight excluding hydrogens is 374 g/mol. The van der Waals surface area contributed by atoms with Crippen LogP contribution in [0.25, 0.3) is 10.8 Å². The summed E-state index contributed by atoms with van der Waals surface area (Å²) in [4.78, 5) is 17.6. The Morgan fingerprint density at radius 3 is 2.47 bits per heavy atom. The minimum absolute atomic E-state index is 0.102. The summed E-state index contributed by atoms with van der Waals surface area (Å²) in [5.74, 6) is 0.869. The lowest BCUT2D eigenvalue weighted by atomic mass is 9.95. The molecule has 2 aromatic rings. The number of fused-ring (bicyclic) bond motifs is 1. The molecule has 0 saturated carbocycles. The van der Waals surface area contributed by atoms with Crippen molar-refractivity contribution < 1.29 is 9.53 Å². The number of nitrogens with one attached hydrogen (secondary N) is 1. The Morgan fingerprint density at radius 1 is 1.00 bits per heavy atom. The molecule has 162 valence electrons. The molecule has 0 aliphatic carbocycles. The third kappa shape index (κ3) is 5.60. The highest BCUT2D eigenvalue weighted by molar-refractivity contribution is 6.02. The van der Waals surface area contributed by atoms with Crippen molar-refractivity contribution in [2.75, 3.05) is 44.6 Å². The number of morpholine rings is 1. The van der Waals surface area contributed by atoms with Gasteiger partial charge >= 0.3 is 0 Å². The van der Waals surface area contributed by atoms with Gasteiger partial charge in [-0.2, -0.15) is 0 Å². The van der Waals surface area contributed by atoms with Crippen LogP contribution in [0.4, 0.5) is 5.69 Å². The van der Waals surface area contributed by atoms with Gasteiger partial charge in [0.05, 0.1) is 12.2 Å². The van der Waals surface area contributed by atoms with Gasteiger partial charge < -0.3 is 15.0 Å². The topological polar surface area (TPSA) is 44.8 Å². The van der Waals surface area contributed by atoms with Crippen molar-refractivity contribution >= 4 is 22.4 Å². The molecule has 1 N–H and O–H groups in total. The zero-order chi connectivity index (χ0) is 20.9. The van der Waals surface area contributed by atoms with E-state index in [1.807, 2.05) is 24.3 Å².